The van der Waals surface area contributed by atoms with E-state index in [0.29, 0.717) is 53.5 Å². The predicted octanol–water partition coefficient (Wildman–Crippen LogP) is 7.13. The Hall–Kier alpha value is -3.76. The van der Waals surface area contributed by atoms with Crippen LogP contribution < -0.4 is 29.1 Å². The number of carbonyl (C=O) groups is 1. The average molecular weight is 702 g/mol. The molecule has 0 N–H and O–H groups in total. The lowest BCUT2D eigenvalue weighted by molar-refractivity contribution is -0.139. The number of rotatable bonds is 10. The van der Waals surface area contributed by atoms with Crippen molar-refractivity contribution in [3.8, 4) is 17.2 Å². The molecule has 0 radical (unpaired) electrons. The zero-order valence-electron chi connectivity index (χ0n) is 25.7. The highest BCUT2D eigenvalue weighted by molar-refractivity contribution is 7.07. The van der Waals surface area contributed by atoms with Gasteiger partial charge in [-0.2, -0.15) is 0 Å². The van der Waals surface area contributed by atoms with Gasteiger partial charge in [-0.3, -0.25) is 9.36 Å². The van der Waals surface area contributed by atoms with Gasteiger partial charge in [0.1, 0.15) is 12.4 Å². The van der Waals surface area contributed by atoms with Gasteiger partial charge in [0.15, 0.2) is 16.3 Å². The van der Waals surface area contributed by atoms with Gasteiger partial charge in [0.25, 0.3) is 5.56 Å². The number of esters is 1. The maximum Gasteiger partial charge on any atom is 0.338 e. The predicted molar refractivity (Wildman–Crippen MR) is 181 cm³/mol. The van der Waals surface area contributed by atoms with Gasteiger partial charge in [0, 0.05) is 21.2 Å². The van der Waals surface area contributed by atoms with Crippen molar-refractivity contribution < 1.29 is 23.7 Å². The monoisotopic (exact) mass is 700 g/mol. The summed E-state index contributed by atoms with van der Waals surface area (Å²) >= 11 is 20.5. The quantitative estimate of drug-likeness (QED) is 0.164. The van der Waals surface area contributed by atoms with Gasteiger partial charge in [-0.1, -0.05) is 70.4 Å². The number of fused-ring (bicyclic) bond motifs is 1. The molecule has 5 rings (SSSR count). The molecule has 1 aliphatic heterocycles. The number of allylic oxidation sites excluding steroid dienone is 1. The number of nitrogens with zero attached hydrogens (tertiary/aromatic N) is 2. The number of halogens is 3. The maximum absolute atomic E-state index is 14.2. The molecule has 0 saturated carbocycles. The fraction of sp³-hybridized carbons (Fsp3) is 0.265. The Bertz CT molecular complexity index is 2020. The van der Waals surface area contributed by atoms with Gasteiger partial charge in [-0.25, -0.2) is 9.79 Å². The molecule has 1 aromatic heterocycles. The van der Waals surface area contributed by atoms with Crippen LogP contribution in [0.25, 0.3) is 6.08 Å². The van der Waals surface area contributed by atoms with Crippen molar-refractivity contribution in [3.05, 3.63) is 117 Å². The zero-order valence-corrected chi connectivity index (χ0v) is 28.8. The third-order valence-corrected chi connectivity index (χ3v) is 8.89. The van der Waals surface area contributed by atoms with Crippen LogP contribution >= 0.6 is 46.1 Å². The van der Waals surface area contributed by atoms with Crippen molar-refractivity contribution in [1.29, 1.82) is 0 Å². The van der Waals surface area contributed by atoms with E-state index in [9.17, 15) is 9.59 Å². The summed E-state index contributed by atoms with van der Waals surface area (Å²) in [7, 11) is 1.53. The summed E-state index contributed by atoms with van der Waals surface area (Å²) in [5, 5.41) is 1.19. The van der Waals surface area contributed by atoms with Crippen molar-refractivity contribution in [2.45, 2.75) is 46.4 Å². The van der Waals surface area contributed by atoms with E-state index in [1.165, 1.54) is 23.0 Å². The number of aromatic nitrogens is 1. The summed E-state index contributed by atoms with van der Waals surface area (Å²) < 4.78 is 24.9. The van der Waals surface area contributed by atoms with Crippen molar-refractivity contribution in [1.82, 2.24) is 4.57 Å². The Morgan fingerprint density at radius 1 is 1.07 bits per heavy atom. The molecule has 0 bridgehead atoms. The minimum Gasteiger partial charge on any atom is -0.493 e. The van der Waals surface area contributed by atoms with E-state index in [1.807, 2.05) is 32.0 Å². The fourth-order valence-corrected chi connectivity index (χ4v) is 6.85. The summed E-state index contributed by atoms with van der Waals surface area (Å²) in [5.41, 5.74) is 2.18. The lowest BCUT2D eigenvalue weighted by Crippen LogP contribution is -2.40. The molecule has 0 unspecified atom stereocenters. The van der Waals surface area contributed by atoms with Crippen LogP contribution in [0.4, 0.5) is 0 Å². The van der Waals surface area contributed by atoms with Crippen LogP contribution in [0.1, 0.15) is 50.4 Å². The van der Waals surface area contributed by atoms with Crippen LogP contribution in [-0.4, -0.2) is 30.4 Å². The van der Waals surface area contributed by atoms with Crippen LogP contribution in [0.3, 0.4) is 0 Å². The Labute approximate surface area is 285 Å². The van der Waals surface area contributed by atoms with E-state index < -0.39 is 12.0 Å². The molecule has 12 heteroatoms. The number of hydrogen-bond donors (Lipinski definition) is 0. The summed E-state index contributed by atoms with van der Waals surface area (Å²) in [5.74, 6) is 0.762. The molecular formula is C34H31Cl3N2O6S. The van der Waals surface area contributed by atoms with Gasteiger partial charge in [-0.15, -0.1) is 0 Å². The molecule has 46 heavy (non-hydrogen) atoms. The van der Waals surface area contributed by atoms with Crippen molar-refractivity contribution in [2.75, 3.05) is 13.7 Å². The number of ether oxygens (including phenoxy) is 4. The number of thiazole rings is 1. The molecular weight excluding hydrogens is 671 g/mol. The van der Waals surface area contributed by atoms with Crippen molar-refractivity contribution >= 4 is 58.2 Å². The van der Waals surface area contributed by atoms with Gasteiger partial charge in [-0.05, 0) is 69.7 Å². The number of carbonyl (C=O) groups excluding carboxylic acids is 1. The second-order valence-electron chi connectivity index (χ2n) is 10.6. The smallest absolute Gasteiger partial charge is 0.338 e. The third kappa shape index (κ3) is 6.98. The van der Waals surface area contributed by atoms with E-state index in [4.69, 9.17) is 53.8 Å². The molecule has 3 aromatic carbocycles. The number of benzene rings is 3. The first kappa shape index (κ1) is 33.6. The molecule has 8 nitrogen and oxygen atoms in total. The molecule has 4 aromatic rings. The Kier molecular flexibility index (Phi) is 10.5. The standard InChI is InChI=1S/C34H31Cl3N2O6S/c1-6-43-33(41)29-19(4)38-34-39(30(29)20-11-12-26(45-18(2)3)27(14-20)42-5)32(40)28(46-34)15-22-13-23(35)16-25(37)31(22)44-17-21-9-7-8-10-24(21)36/h7-16,18,30H,6,17H2,1-5H3/b28-15+/t30-/m1/s1. The summed E-state index contributed by atoms with van der Waals surface area (Å²) in [6, 6.07) is 15.0. The highest BCUT2D eigenvalue weighted by atomic mass is 35.5. The highest BCUT2D eigenvalue weighted by Crippen LogP contribution is 2.37. The fourth-order valence-electron chi connectivity index (χ4n) is 5.06. The number of hydrogen-bond acceptors (Lipinski definition) is 8. The zero-order chi connectivity index (χ0) is 33.1. The lowest BCUT2D eigenvalue weighted by Gasteiger charge is -2.25. The SMILES string of the molecule is CCOC(=O)C1=C(C)N=c2s/c(=C/c3cc(Cl)cc(Cl)c3OCc3ccccc3Cl)c(=O)n2[C@@H]1c1ccc(OC(C)C)c(OC)c1. The largest absolute Gasteiger partial charge is 0.493 e. The Morgan fingerprint density at radius 2 is 1.83 bits per heavy atom. The van der Waals surface area contributed by atoms with Crippen molar-refractivity contribution in [2.24, 2.45) is 4.99 Å². The molecule has 0 saturated heterocycles. The molecule has 0 spiro atoms. The molecule has 0 amide bonds. The minimum absolute atomic E-state index is 0.0896. The van der Waals surface area contributed by atoms with E-state index in [1.54, 1.807) is 56.3 Å². The molecule has 1 aliphatic rings. The Balaban J connectivity index is 1.67. The second kappa shape index (κ2) is 14.3. The summed E-state index contributed by atoms with van der Waals surface area (Å²) in [6.07, 6.45) is 1.57. The summed E-state index contributed by atoms with van der Waals surface area (Å²) in [4.78, 5) is 32.6. The summed E-state index contributed by atoms with van der Waals surface area (Å²) in [6.45, 7) is 7.57. The number of methoxy groups -OCH3 is 1. The molecule has 240 valence electrons. The third-order valence-electron chi connectivity index (χ3n) is 7.04. The maximum atomic E-state index is 14.2. The molecule has 0 fully saturated rings. The van der Waals surface area contributed by atoms with E-state index >= 15 is 0 Å². The molecule has 1 atom stereocenters. The molecule has 0 aliphatic carbocycles. The van der Waals surface area contributed by atoms with Crippen LogP contribution in [0.15, 0.2) is 75.7 Å². The van der Waals surface area contributed by atoms with Gasteiger partial charge >= 0.3 is 5.97 Å². The van der Waals surface area contributed by atoms with Crippen LogP contribution in [-0.2, 0) is 16.1 Å². The van der Waals surface area contributed by atoms with Crippen molar-refractivity contribution in [3.63, 3.8) is 0 Å². The van der Waals surface area contributed by atoms with Crippen LogP contribution in [0, 0.1) is 0 Å². The van der Waals surface area contributed by atoms with Gasteiger partial charge in [0.05, 0.1) is 46.7 Å². The Morgan fingerprint density at radius 3 is 2.52 bits per heavy atom. The van der Waals surface area contributed by atoms with Gasteiger partial charge in [0.2, 0.25) is 0 Å². The van der Waals surface area contributed by atoms with E-state index in [-0.39, 0.29) is 35.5 Å². The highest BCUT2D eigenvalue weighted by Gasteiger charge is 2.34. The van der Waals surface area contributed by atoms with Gasteiger partial charge < -0.3 is 18.9 Å². The van der Waals surface area contributed by atoms with Crippen LogP contribution in [0.5, 0.6) is 17.2 Å². The lowest BCUT2D eigenvalue weighted by atomic mass is 9.95. The minimum atomic E-state index is -0.849. The second-order valence-corrected chi connectivity index (χ2v) is 12.8. The first-order valence-corrected chi connectivity index (χ1v) is 16.4. The van der Waals surface area contributed by atoms with Crippen LogP contribution in [0.2, 0.25) is 15.1 Å². The first-order valence-electron chi connectivity index (χ1n) is 14.4. The van der Waals surface area contributed by atoms with E-state index in [0.717, 1.165) is 5.56 Å². The molecule has 2 heterocycles. The van der Waals surface area contributed by atoms with E-state index in [2.05, 4.69) is 4.99 Å². The first-order chi connectivity index (χ1) is 22.0. The topological polar surface area (TPSA) is 88.4 Å². The normalized spacial score (nSPS) is 14.6. The average Bonchev–Trinajstić information content (AvgIpc) is 3.30.